The average Bonchev–Trinajstić information content (AvgIpc) is 2.37. The van der Waals surface area contributed by atoms with Crippen LogP contribution in [-0.2, 0) is 22.1 Å². The highest BCUT2D eigenvalue weighted by Crippen LogP contribution is 2.37. The summed E-state index contributed by atoms with van der Waals surface area (Å²) in [5.74, 6) is -1.75. The van der Waals surface area contributed by atoms with Crippen molar-refractivity contribution in [2.24, 2.45) is 0 Å². The Morgan fingerprint density at radius 3 is 2.45 bits per heavy atom. The number of ether oxygens (including phenoxy) is 2. The lowest BCUT2D eigenvalue weighted by atomic mass is 9.97. The van der Waals surface area contributed by atoms with E-state index in [1.165, 1.54) is 13.0 Å². The number of nitrogens with zero attached hydrogens (tertiary/aromatic N) is 1. The number of halogens is 5. The van der Waals surface area contributed by atoms with Crippen LogP contribution in [0.2, 0.25) is 0 Å². The SMILES string of the molecule is CCOC(=O)Cc1c(C(F)(F)F)ccc(OC(F)F)c1C#N. The average molecular weight is 323 g/mol. The fourth-order valence-corrected chi connectivity index (χ4v) is 1.75. The first-order chi connectivity index (χ1) is 10.2. The van der Waals surface area contributed by atoms with E-state index in [2.05, 4.69) is 9.47 Å². The molecule has 0 unspecified atom stereocenters. The third kappa shape index (κ3) is 4.31. The van der Waals surface area contributed by atoms with Crippen molar-refractivity contribution < 1.29 is 36.2 Å². The maximum Gasteiger partial charge on any atom is 0.416 e. The van der Waals surface area contributed by atoms with Crippen molar-refractivity contribution >= 4 is 5.97 Å². The fourth-order valence-electron chi connectivity index (χ4n) is 1.75. The standard InChI is InChI=1S/C13H10F5NO3/c1-2-21-11(20)5-7-8(6-19)10(22-12(14)15)4-3-9(7)13(16,17)18/h3-4,12H,2,5H2,1H3. The van der Waals surface area contributed by atoms with Gasteiger partial charge in [-0.05, 0) is 24.6 Å². The van der Waals surface area contributed by atoms with Crippen molar-refractivity contribution in [2.75, 3.05) is 6.61 Å². The van der Waals surface area contributed by atoms with Crippen LogP contribution in [0.15, 0.2) is 12.1 Å². The molecule has 0 saturated heterocycles. The lowest BCUT2D eigenvalue weighted by Crippen LogP contribution is -2.17. The van der Waals surface area contributed by atoms with Crippen LogP contribution in [0.3, 0.4) is 0 Å². The number of nitriles is 1. The molecule has 0 heterocycles. The summed E-state index contributed by atoms with van der Waals surface area (Å²) in [5.41, 5.74) is -2.81. The van der Waals surface area contributed by atoms with Gasteiger partial charge in [0.05, 0.1) is 24.2 Å². The molecule has 0 spiro atoms. The van der Waals surface area contributed by atoms with Gasteiger partial charge in [-0.15, -0.1) is 0 Å². The Balaban J connectivity index is 3.43. The van der Waals surface area contributed by atoms with E-state index in [4.69, 9.17) is 5.26 Å². The molecule has 0 N–H and O–H groups in total. The summed E-state index contributed by atoms with van der Waals surface area (Å²) >= 11 is 0. The molecule has 0 saturated carbocycles. The van der Waals surface area contributed by atoms with Crippen molar-refractivity contribution in [1.29, 1.82) is 5.26 Å². The van der Waals surface area contributed by atoms with Crippen molar-refractivity contribution in [2.45, 2.75) is 26.1 Å². The molecule has 0 aliphatic heterocycles. The quantitative estimate of drug-likeness (QED) is 0.616. The van der Waals surface area contributed by atoms with E-state index >= 15 is 0 Å². The van der Waals surface area contributed by atoms with Crippen LogP contribution in [-0.4, -0.2) is 19.2 Å². The molecule has 0 aliphatic carbocycles. The molecule has 0 amide bonds. The van der Waals surface area contributed by atoms with Crippen LogP contribution in [0.1, 0.15) is 23.6 Å². The fraction of sp³-hybridized carbons (Fsp3) is 0.385. The Kier molecular flexibility index (Phi) is 5.68. The Morgan fingerprint density at radius 2 is 2.00 bits per heavy atom. The Hall–Kier alpha value is -2.37. The second-order valence-electron chi connectivity index (χ2n) is 3.93. The van der Waals surface area contributed by atoms with E-state index in [0.717, 1.165) is 0 Å². The molecule has 0 bridgehead atoms. The zero-order valence-corrected chi connectivity index (χ0v) is 11.2. The molecule has 0 aromatic heterocycles. The summed E-state index contributed by atoms with van der Waals surface area (Å²) in [5, 5.41) is 8.95. The molecule has 22 heavy (non-hydrogen) atoms. The third-order valence-corrected chi connectivity index (χ3v) is 2.53. The smallest absolute Gasteiger partial charge is 0.416 e. The molecule has 120 valence electrons. The lowest BCUT2D eigenvalue weighted by molar-refractivity contribution is -0.143. The highest BCUT2D eigenvalue weighted by Gasteiger charge is 2.36. The Labute approximate surface area is 122 Å². The van der Waals surface area contributed by atoms with Gasteiger partial charge in [0, 0.05) is 0 Å². The topological polar surface area (TPSA) is 59.3 Å². The molecule has 1 aromatic rings. The van der Waals surface area contributed by atoms with Gasteiger partial charge >= 0.3 is 18.8 Å². The van der Waals surface area contributed by atoms with Crippen LogP contribution >= 0.6 is 0 Å². The number of alkyl halides is 5. The largest absolute Gasteiger partial charge is 0.466 e. The third-order valence-electron chi connectivity index (χ3n) is 2.53. The minimum absolute atomic E-state index is 0.0741. The van der Waals surface area contributed by atoms with E-state index in [1.807, 2.05) is 0 Å². The molecule has 0 aliphatic rings. The van der Waals surface area contributed by atoms with Crippen LogP contribution in [0.25, 0.3) is 0 Å². The zero-order valence-electron chi connectivity index (χ0n) is 11.2. The minimum Gasteiger partial charge on any atom is -0.466 e. The monoisotopic (exact) mass is 323 g/mol. The van der Waals surface area contributed by atoms with Crippen molar-refractivity contribution in [3.8, 4) is 11.8 Å². The molecule has 4 nitrogen and oxygen atoms in total. The summed E-state index contributed by atoms with van der Waals surface area (Å²) < 4.78 is 71.9. The summed E-state index contributed by atoms with van der Waals surface area (Å²) in [4.78, 5) is 11.4. The lowest BCUT2D eigenvalue weighted by Gasteiger charge is -2.16. The molecule has 1 rings (SSSR count). The number of rotatable bonds is 5. The van der Waals surface area contributed by atoms with E-state index in [1.54, 1.807) is 0 Å². The van der Waals surface area contributed by atoms with Gasteiger partial charge in [0.25, 0.3) is 0 Å². The van der Waals surface area contributed by atoms with Crippen molar-refractivity contribution in [1.82, 2.24) is 0 Å². The first-order valence-corrected chi connectivity index (χ1v) is 5.94. The zero-order chi connectivity index (χ0) is 16.9. The van der Waals surface area contributed by atoms with Crippen molar-refractivity contribution in [3.63, 3.8) is 0 Å². The maximum atomic E-state index is 12.9. The van der Waals surface area contributed by atoms with Crippen molar-refractivity contribution in [3.05, 3.63) is 28.8 Å². The van der Waals surface area contributed by atoms with Gasteiger partial charge in [-0.1, -0.05) is 0 Å². The highest BCUT2D eigenvalue weighted by atomic mass is 19.4. The summed E-state index contributed by atoms with van der Waals surface area (Å²) in [6.45, 7) is -1.95. The predicted octanol–water partition coefficient (Wildman–Crippen LogP) is 3.28. The van der Waals surface area contributed by atoms with E-state index < -0.39 is 47.6 Å². The summed E-state index contributed by atoms with van der Waals surface area (Å²) in [7, 11) is 0. The molecule has 1 aromatic carbocycles. The summed E-state index contributed by atoms with van der Waals surface area (Å²) in [6.07, 6.45) is -5.75. The number of hydrogen-bond donors (Lipinski definition) is 0. The van der Waals surface area contributed by atoms with Gasteiger partial charge in [-0.2, -0.15) is 27.2 Å². The van der Waals surface area contributed by atoms with Gasteiger partial charge in [0.2, 0.25) is 0 Å². The normalized spacial score (nSPS) is 11.2. The van der Waals surface area contributed by atoms with E-state index in [9.17, 15) is 26.7 Å². The first-order valence-electron chi connectivity index (χ1n) is 5.94. The molecular formula is C13H10F5NO3. The second kappa shape index (κ2) is 7.06. The number of benzene rings is 1. The number of carbonyl (C=O) groups excluding carboxylic acids is 1. The predicted molar refractivity (Wildman–Crippen MR) is 63.1 cm³/mol. The molecule has 9 heteroatoms. The molecular weight excluding hydrogens is 313 g/mol. The van der Waals surface area contributed by atoms with Gasteiger partial charge in [-0.3, -0.25) is 4.79 Å². The van der Waals surface area contributed by atoms with Gasteiger partial charge in [0.1, 0.15) is 11.8 Å². The number of carbonyl (C=O) groups is 1. The minimum atomic E-state index is -4.86. The maximum absolute atomic E-state index is 12.9. The van der Waals surface area contributed by atoms with Gasteiger partial charge in [0.15, 0.2) is 0 Å². The Bertz CT molecular complexity index is 593. The molecule has 0 fully saturated rings. The van der Waals surface area contributed by atoms with Crippen LogP contribution in [0.4, 0.5) is 22.0 Å². The van der Waals surface area contributed by atoms with Gasteiger partial charge < -0.3 is 9.47 Å². The highest BCUT2D eigenvalue weighted by molar-refractivity contribution is 5.75. The first kappa shape index (κ1) is 17.7. The Morgan fingerprint density at radius 1 is 1.36 bits per heavy atom. The van der Waals surface area contributed by atoms with E-state index in [0.29, 0.717) is 12.1 Å². The van der Waals surface area contributed by atoms with E-state index in [-0.39, 0.29) is 6.61 Å². The summed E-state index contributed by atoms with van der Waals surface area (Å²) in [6, 6.07) is 2.46. The van der Waals surface area contributed by atoms with Crippen LogP contribution in [0, 0.1) is 11.3 Å². The number of hydrogen-bond acceptors (Lipinski definition) is 4. The molecule has 0 atom stereocenters. The van der Waals surface area contributed by atoms with Gasteiger partial charge in [-0.25, -0.2) is 0 Å². The van der Waals surface area contributed by atoms with Crippen LogP contribution < -0.4 is 4.74 Å². The number of esters is 1. The van der Waals surface area contributed by atoms with Crippen LogP contribution in [0.5, 0.6) is 5.75 Å². The molecule has 0 radical (unpaired) electrons. The second-order valence-corrected chi connectivity index (χ2v) is 3.93.